The van der Waals surface area contributed by atoms with E-state index in [1.165, 1.54) is 13.2 Å². The lowest BCUT2D eigenvalue weighted by Gasteiger charge is -2.34. The fourth-order valence-corrected chi connectivity index (χ4v) is 3.32. The maximum Gasteiger partial charge on any atom is 0.273 e. The van der Waals surface area contributed by atoms with E-state index < -0.39 is 10.3 Å². The quantitative estimate of drug-likeness (QED) is 0.622. The summed E-state index contributed by atoms with van der Waals surface area (Å²) in [6.45, 7) is 2.17. The Hall–Kier alpha value is -2.09. The van der Waals surface area contributed by atoms with E-state index in [0.29, 0.717) is 18.1 Å². The van der Waals surface area contributed by atoms with E-state index in [2.05, 4.69) is 13.0 Å². The van der Waals surface area contributed by atoms with Gasteiger partial charge >= 0.3 is 0 Å². The first kappa shape index (κ1) is 15.3. The molecule has 0 aromatic heterocycles. The van der Waals surface area contributed by atoms with Crippen LogP contribution < -0.4 is 4.74 Å². The number of hydrogen-bond donors (Lipinski definition) is 0. The average molecular weight is 288 g/mol. The van der Waals surface area contributed by atoms with Crippen LogP contribution in [0.3, 0.4) is 0 Å². The zero-order valence-electron chi connectivity index (χ0n) is 12.5. The maximum atomic E-state index is 11.0. The molecule has 0 heterocycles. The smallest absolute Gasteiger partial charge is 0.273 e. The number of benzene rings is 1. The molecular formula is C16H20N2O3. The highest BCUT2D eigenvalue weighted by molar-refractivity contribution is 5.43. The fourth-order valence-electron chi connectivity index (χ4n) is 3.32. The molecule has 0 bridgehead atoms. The Morgan fingerprint density at radius 3 is 2.86 bits per heavy atom. The van der Waals surface area contributed by atoms with Crippen LogP contribution in [0.2, 0.25) is 0 Å². The summed E-state index contributed by atoms with van der Waals surface area (Å²) >= 11 is 0. The number of methoxy groups -OCH3 is 1. The molecule has 1 aliphatic carbocycles. The van der Waals surface area contributed by atoms with Gasteiger partial charge in [0, 0.05) is 6.07 Å². The molecule has 0 amide bonds. The van der Waals surface area contributed by atoms with Crippen LogP contribution in [0.4, 0.5) is 5.69 Å². The number of nitrogens with zero attached hydrogens (tertiary/aromatic N) is 2. The number of rotatable bonds is 4. The highest BCUT2D eigenvalue weighted by atomic mass is 16.6. The second-order valence-electron chi connectivity index (χ2n) is 6.07. The van der Waals surface area contributed by atoms with Gasteiger partial charge in [-0.1, -0.05) is 19.8 Å². The minimum Gasteiger partial charge on any atom is -0.496 e. The van der Waals surface area contributed by atoms with Crippen LogP contribution in [0.25, 0.3) is 0 Å². The minimum atomic E-state index is -0.422. The molecule has 5 nitrogen and oxygen atoms in total. The minimum absolute atomic E-state index is 0.0151. The van der Waals surface area contributed by atoms with Crippen molar-refractivity contribution in [2.75, 3.05) is 7.11 Å². The predicted octanol–water partition coefficient (Wildman–Crippen LogP) is 3.87. The summed E-state index contributed by atoms with van der Waals surface area (Å²) in [6.07, 6.45) is 4.46. The average Bonchev–Trinajstić information content (AvgIpc) is 2.46. The normalized spacial score (nSPS) is 25.1. The lowest BCUT2D eigenvalue weighted by atomic mass is 9.68. The number of nitro benzene ring substituents is 1. The molecule has 2 rings (SSSR count). The number of ether oxygens (including phenoxy) is 1. The van der Waals surface area contributed by atoms with E-state index in [9.17, 15) is 15.4 Å². The molecule has 112 valence electrons. The second-order valence-corrected chi connectivity index (χ2v) is 6.07. The first-order chi connectivity index (χ1) is 9.98. The Morgan fingerprint density at radius 2 is 2.29 bits per heavy atom. The topological polar surface area (TPSA) is 76.2 Å². The summed E-state index contributed by atoms with van der Waals surface area (Å²) in [5.74, 6) is 0.996. The van der Waals surface area contributed by atoms with Crippen LogP contribution in [0.1, 0.15) is 38.2 Å². The van der Waals surface area contributed by atoms with Crippen LogP contribution >= 0.6 is 0 Å². The molecule has 0 aliphatic heterocycles. The highest BCUT2D eigenvalue weighted by Gasteiger charge is 2.35. The van der Waals surface area contributed by atoms with Gasteiger partial charge in [-0.05, 0) is 36.8 Å². The van der Waals surface area contributed by atoms with Crippen LogP contribution in [-0.4, -0.2) is 12.0 Å². The standard InChI is InChI=1S/C16H20N2O3/c1-12-4-3-5-16(9-12,11-17)10-13-6-14(18(19)20)8-15(7-13)21-2/h6-8,12H,3-5,9-10H2,1-2H3. The fraction of sp³-hybridized carbons (Fsp3) is 0.562. The van der Waals surface area contributed by atoms with E-state index >= 15 is 0 Å². The van der Waals surface area contributed by atoms with Gasteiger partial charge < -0.3 is 4.74 Å². The summed E-state index contributed by atoms with van der Waals surface area (Å²) < 4.78 is 5.14. The molecular weight excluding hydrogens is 268 g/mol. The van der Waals surface area contributed by atoms with Crippen molar-refractivity contribution >= 4 is 5.69 Å². The van der Waals surface area contributed by atoms with Crippen molar-refractivity contribution in [2.24, 2.45) is 11.3 Å². The molecule has 1 fully saturated rings. The van der Waals surface area contributed by atoms with Crippen molar-refractivity contribution in [1.29, 1.82) is 5.26 Å². The van der Waals surface area contributed by atoms with Crippen molar-refractivity contribution in [3.8, 4) is 11.8 Å². The Balaban J connectivity index is 2.31. The molecule has 5 heteroatoms. The Labute approximate surface area is 124 Å². The van der Waals surface area contributed by atoms with Gasteiger partial charge in [0.05, 0.1) is 29.6 Å². The van der Waals surface area contributed by atoms with Crippen molar-refractivity contribution < 1.29 is 9.66 Å². The zero-order chi connectivity index (χ0) is 15.5. The highest BCUT2D eigenvalue weighted by Crippen LogP contribution is 2.42. The lowest BCUT2D eigenvalue weighted by Crippen LogP contribution is -2.28. The van der Waals surface area contributed by atoms with Gasteiger partial charge in [-0.15, -0.1) is 0 Å². The molecule has 1 aliphatic rings. The summed E-state index contributed by atoms with van der Waals surface area (Å²) in [7, 11) is 1.49. The maximum absolute atomic E-state index is 11.0. The van der Waals surface area contributed by atoms with Gasteiger partial charge in [-0.25, -0.2) is 0 Å². The van der Waals surface area contributed by atoms with Gasteiger partial charge in [0.1, 0.15) is 5.75 Å². The Kier molecular flexibility index (Phi) is 4.46. The summed E-state index contributed by atoms with van der Waals surface area (Å²) in [5, 5.41) is 20.6. The van der Waals surface area contributed by atoms with Gasteiger partial charge in [-0.3, -0.25) is 10.1 Å². The van der Waals surface area contributed by atoms with Crippen LogP contribution in [-0.2, 0) is 6.42 Å². The Morgan fingerprint density at radius 1 is 1.52 bits per heavy atom. The van der Waals surface area contributed by atoms with E-state index in [1.54, 1.807) is 12.1 Å². The lowest BCUT2D eigenvalue weighted by molar-refractivity contribution is -0.385. The van der Waals surface area contributed by atoms with Crippen molar-refractivity contribution in [3.63, 3.8) is 0 Å². The van der Waals surface area contributed by atoms with E-state index in [4.69, 9.17) is 4.74 Å². The number of non-ortho nitro benzene ring substituents is 1. The molecule has 2 atom stereocenters. The molecule has 0 spiro atoms. The van der Waals surface area contributed by atoms with Crippen LogP contribution in [0.5, 0.6) is 5.75 Å². The summed E-state index contributed by atoms with van der Waals surface area (Å²) in [5.41, 5.74) is 0.413. The summed E-state index contributed by atoms with van der Waals surface area (Å²) in [6, 6.07) is 7.23. The number of nitro groups is 1. The first-order valence-electron chi connectivity index (χ1n) is 7.21. The van der Waals surface area contributed by atoms with Gasteiger partial charge in [0.15, 0.2) is 0 Å². The van der Waals surface area contributed by atoms with E-state index in [0.717, 1.165) is 31.2 Å². The SMILES string of the molecule is COc1cc(CC2(C#N)CCCC(C)C2)cc([N+](=O)[O-])c1. The third-order valence-electron chi connectivity index (χ3n) is 4.27. The van der Waals surface area contributed by atoms with Crippen molar-refractivity contribution in [2.45, 2.75) is 39.0 Å². The molecule has 0 saturated heterocycles. The molecule has 2 unspecified atom stereocenters. The number of hydrogen-bond acceptors (Lipinski definition) is 4. The van der Waals surface area contributed by atoms with E-state index in [-0.39, 0.29) is 5.69 Å². The summed E-state index contributed by atoms with van der Waals surface area (Å²) in [4.78, 5) is 10.6. The predicted molar refractivity (Wildman–Crippen MR) is 79.0 cm³/mol. The second kappa shape index (κ2) is 6.13. The largest absolute Gasteiger partial charge is 0.496 e. The Bertz CT molecular complexity index is 579. The zero-order valence-corrected chi connectivity index (χ0v) is 12.5. The molecule has 1 aromatic rings. The van der Waals surface area contributed by atoms with Crippen molar-refractivity contribution in [1.82, 2.24) is 0 Å². The molecule has 1 aromatic carbocycles. The third-order valence-corrected chi connectivity index (χ3v) is 4.27. The van der Waals surface area contributed by atoms with E-state index in [1.807, 2.05) is 0 Å². The van der Waals surface area contributed by atoms with Crippen molar-refractivity contribution in [3.05, 3.63) is 33.9 Å². The molecule has 21 heavy (non-hydrogen) atoms. The monoisotopic (exact) mass is 288 g/mol. The van der Waals surface area contributed by atoms with Gasteiger partial charge in [0.25, 0.3) is 5.69 Å². The van der Waals surface area contributed by atoms with Gasteiger partial charge in [0.2, 0.25) is 0 Å². The van der Waals surface area contributed by atoms with Crippen LogP contribution in [0, 0.1) is 32.8 Å². The number of nitriles is 1. The van der Waals surface area contributed by atoms with Gasteiger partial charge in [-0.2, -0.15) is 5.26 Å². The first-order valence-corrected chi connectivity index (χ1v) is 7.21. The molecule has 0 radical (unpaired) electrons. The molecule has 0 N–H and O–H groups in total. The molecule has 1 saturated carbocycles. The van der Waals surface area contributed by atoms with Crippen LogP contribution in [0.15, 0.2) is 18.2 Å². The third kappa shape index (κ3) is 3.52.